The van der Waals surface area contributed by atoms with Gasteiger partial charge in [0, 0.05) is 47.0 Å². The summed E-state index contributed by atoms with van der Waals surface area (Å²) in [6.45, 7) is 12.0. The third-order valence-corrected chi connectivity index (χ3v) is 8.81. The molecule has 0 spiro atoms. The maximum Gasteiger partial charge on any atom is 0.262 e. The predicted octanol–water partition coefficient (Wildman–Crippen LogP) is 6.96. The number of allylic oxidation sites excluding steroid dienone is 4. The molecule has 0 bridgehead atoms. The van der Waals surface area contributed by atoms with E-state index in [1.807, 2.05) is 32.0 Å². The Kier molecular flexibility index (Phi) is 7.77. The van der Waals surface area contributed by atoms with Crippen molar-refractivity contribution in [3.8, 4) is 11.5 Å². The number of dihydropyridines is 1. The van der Waals surface area contributed by atoms with Crippen LogP contribution in [0.15, 0.2) is 52.9 Å². The fraction of sp³-hybridized carbons (Fsp3) is 0.441. The Morgan fingerprint density at radius 1 is 0.976 bits per heavy atom. The smallest absolute Gasteiger partial charge is 0.262 e. The van der Waals surface area contributed by atoms with E-state index in [4.69, 9.17) is 21.1 Å². The normalized spacial score (nSPS) is 19.6. The van der Waals surface area contributed by atoms with Crippen LogP contribution in [-0.2, 0) is 14.4 Å². The maximum atomic E-state index is 13.7. The molecule has 0 saturated carbocycles. The van der Waals surface area contributed by atoms with Crippen LogP contribution in [0.5, 0.6) is 11.5 Å². The van der Waals surface area contributed by atoms with Crippen LogP contribution in [0, 0.1) is 24.7 Å². The van der Waals surface area contributed by atoms with Gasteiger partial charge < -0.3 is 20.1 Å². The van der Waals surface area contributed by atoms with Crippen LogP contribution in [0.25, 0.3) is 0 Å². The summed E-state index contributed by atoms with van der Waals surface area (Å²) in [7, 11) is 1.50. The molecule has 1 aliphatic heterocycles. The third-order valence-electron chi connectivity index (χ3n) is 8.53. The Morgan fingerprint density at radius 3 is 2.14 bits per heavy atom. The van der Waals surface area contributed by atoms with Crippen molar-refractivity contribution in [3.63, 3.8) is 0 Å². The lowest BCUT2D eigenvalue weighted by Gasteiger charge is -2.44. The number of carbonyl (C=O) groups is 3. The molecule has 2 N–H and O–H groups in total. The van der Waals surface area contributed by atoms with Gasteiger partial charge in [-0.05, 0) is 72.4 Å². The second-order valence-electron chi connectivity index (χ2n) is 13.3. The van der Waals surface area contributed by atoms with E-state index in [0.29, 0.717) is 48.1 Å². The molecule has 222 valence electrons. The highest BCUT2D eigenvalue weighted by Crippen LogP contribution is 2.52. The molecule has 3 aliphatic rings. The standard InChI is InChI=1S/C34H39ClN2O5/c1-18-9-8-10-22(19(18)2)37-28(40)17-42-32-21(35)11-20(12-27(32)41-7)29-30-23(13-33(3,4)15-25(30)38)36-24-14-34(5,6)16-26(39)31(24)29/h8-12,29,36H,13-17H2,1-7H3,(H,37,40). The fourth-order valence-corrected chi connectivity index (χ4v) is 6.75. The highest BCUT2D eigenvalue weighted by Gasteiger charge is 2.46. The molecule has 2 aromatic rings. The molecule has 0 fully saturated rings. The number of Topliss-reactive ketones (excluding diaryl/α,β-unsaturated/α-hetero) is 2. The molecule has 8 heteroatoms. The van der Waals surface area contributed by atoms with Crippen LogP contribution < -0.4 is 20.1 Å². The highest BCUT2D eigenvalue weighted by atomic mass is 35.5. The average molecular weight is 591 g/mol. The van der Waals surface area contributed by atoms with E-state index in [-0.39, 0.29) is 45.7 Å². The van der Waals surface area contributed by atoms with Gasteiger partial charge in [0.25, 0.3) is 5.91 Å². The van der Waals surface area contributed by atoms with E-state index in [1.165, 1.54) is 7.11 Å². The SMILES string of the molecule is COc1cc(C2C3=C(CC(C)(C)CC3=O)NC3=C2C(=O)CC(C)(C)C3)cc(Cl)c1OCC(=O)Nc1cccc(C)c1C. The van der Waals surface area contributed by atoms with Gasteiger partial charge in [-0.15, -0.1) is 0 Å². The van der Waals surface area contributed by atoms with Crippen LogP contribution in [0.4, 0.5) is 5.69 Å². The minimum atomic E-state index is -0.559. The van der Waals surface area contributed by atoms with E-state index >= 15 is 0 Å². The van der Waals surface area contributed by atoms with Gasteiger partial charge >= 0.3 is 0 Å². The van der Waals surface area contributed by atoms with Gasteiger partial charge in [-0.3, -0.25) is 14.4 Å². The third kappa shape index (κ3) is 5.71. The molecule has 5 rings (SSSR count). The highest BCUT2D eigenvalue weighted by molar-refractivity contribution is 6.32. The second-order valence-corrected chi connectivity index (χ2v) is 13.7. The number of anilines is 1. The molecule has 42 heavy (non-hydrogen) atoms. The minimum absolute atomic E-state index is 0.0291. The van der Waals surface area contributed by atoms with Crippen LogP contribution in [0.3, 0.4) is 0 Å². The monoisotopic (exact) mass is 590 g/mol. The number of amides is 1. The van der Waals surface area contributed by atoms with E-state index in [0.717, 1.165) is 28.2 Å². The number of halogens is 1. The number of hydrogen-bond acceptors (Lipinski definition) is 6. The minimum Gasteiger partial charge on any atom is -0.493 e. The summed E-state index contributed by atoms with van der Waals surface area (Å²) in [5.41, 5.74) is 6.09. The molecule has 7 nitrogen and oxygen atoms in total. The van der Waals surface area contributed by atoms with Crippen LogP contribution in [0.2, 0.25) is 5.02 Å². The first-order valence-electron chi connectivity index (χ1n) is 14.4. The number of benzene rings is 2. The predicted molar refractivity (Wildman–Crippen MR) is 164 cm³/mol. The number of nitrogens with one attached hydrogen (secondary N) is 2. The topological polar surface area (TPSA) is 93.7 Å². The first kappa shape index (κ1) is 29.9. The molecular weight excluding hydrogens is 552 g/mol. The Morgan fingerprint density at radius 2 is 1.57 bits per heavy atom. The van der Waals surface area contributed by atoms with E-state index in [1.54, 1.807) is 12.1 Å². The summed E-state index contributed by atoms with van der Waals surface area (Å²) in [4.78, 5) is 40.1. The zero-order valence-corrected chi connectivity index (χ0v) is 26.2. The van der Waals surface area contributed by atoms with Gasteiger partial charge in [-0.2, -0.15) is 0 Å². The lowest BCUT2D eigenvalue weighted by Crippen LogP contribution is -2.42. The summed E-state index contributed by atoms with van der Waals surface area (Å²) in [6, 6.07) is 9.21. The Balaban J connectivity index is 1.50. The maximum absolute atomic E-state index is 13.7. The van der Waals surface area contributed by atoms with Crippen molar-refractivity contribution in [1.29, 1.82) is 0 Å². The van der Waals surface area contributed by atoms with Crippen molar-refractivity contribution in [2.24, 2.45) is 10.8 Å². The van der Waals surface area contributed by atoms with Gasteiger partial charge in [0.05, 0.1) is 12.1 Å². The number of hydrogen-bond donors (Lipinski definition) is 2. The van der Waals surface area contributed by atoms with E-state index in [2.05, 4.69) is 38.3 Å². The zero-order valence-electron chi connectivity index (χ0n) is 25.4. The average Bonchev–Trinajstić information content (AvgIpc) is 2.87. The molecule has 1 amide bonds. The largest absolute Gasteiger partial charge is 0.493 e. The number of aryl methyl sites for hydroxylation is 1. The van der Waals surface area contributed by atoms with Crippen molar-refractivity contribution >= 4 is 34.8 Å². The molecule has 0 saturated heterocycles. The number of methoxy groups -OCH3 is 1. The summed E-state index contributed by atoms with van der Waals surface area (Å²) >= 11 is 6.78. The second kappa shape index (κ2) is 10.9. The first-order chi connectivity index (χ1) is 19.7. The van der Waals surface area contributed by atoms with Gasteiger partial charge in [0.2, 0.25) is 0 Å². The summed E-state index contributed by atoms with van der Waals surface area (Å²) in [5.74, 6) is -0.283. The lowest BCUT2D eigenvalue weighted by atomic mass is 9.64. The van der Waals surface area contributed by atoms with Crippen LogP contribution >= 0.6 is 11.6 Å². The lowest BCUT2D eigenvalue weighted by molar-refractivity contribution is -0.119. The molecule has 2 aliphatic carbocycles. The quantitative estimate of drug-likeness (QED) is 0.378. The fourth-order valence-electron chi connectivity index (χ4n) is 6.48. The van der Waals surface area contributed by atoms with Crippen molar-refractivity contribution in [1.82, 2.24) is 5.32 Å². The van der Waals surface area contributed by atoms with E-state index in [9.17, 15) is 14.4 Å². The van der Waals surface area contributed by atoms with E-state index < -0.39 is 5.92 Å². The number of ether oxygens (including phenoxy) is 2. The van der Waals surface area contributed by atoms with Crippen molar-refractivity contribution in [2.45, 2.75) is 73.1 Å². The molecule has 0 aromatic heterocycles. The van der Waals surface area contributed by atoms with Crippen molar-refractivity contribution < 1.29 is 23.9 Å². The van der Waals surface area contributed by atoms with Gasteiger partial charge in [-0.25, -0.2) is 0 Å². The van der Waals surface area contributed by atoms with Crippen LogP contribution in [-0.4, -0.2) is 31.2 Å². The molecule has 1 heterocycles. The Hall–Kier alpha value is -3.58. The molecule has 2 aromatic carbocycles. The zero-order chi connectivity index (χ0) is 30.6. The molecule has 0 radical (unpaired) electrons. The molecular formula is C34H39ClN2O5. The van der Waals surface area contributed by atoms with Crippen molar-refractivity contribution in [2.75, 3.05) is 19.0 Å². The van der Waals surface area contributed by atoms with Crippen molar-refractivity contribution in [3.05, 3.63) is 74.6 Å². The number of carbonyl (C=O) groups excluding carboxylic acids is 3. The number of rotatable bonds is 6. The van der Waals surface area contributed by atoms with Gasteiger partial charge in [0.15, 0.2) is 29.7 Å². The summed E-state index contributed by atoms with van der Waals surface area (Å²) < 4.78 is 11.6. The first-order valence-corrected chi connectivity index (χ1v) is 14.7. The van der Waals surface area contributed by atoms with Gasteiger partial charge in [0.1, 0.15) is 0 Å². The molecule has 0 unspecified atom stereocenters. The summed E-state index contributed by atoms with van der Waals surface area (Å²) in [5, 5.41) is 6.65. The Labute approximate surface area is 252 Å². The number of ketones is 2. The Bertz CT molecular complexity index is 1510. The molecule has 0 atom stereocenters. The summed E-state index contributed by atoms with van der Waals surface area (Å²) in [6.07, 6.45) is 2.21. The van der Waals surface area contributed by atoms with Crippen LogP contribution in [0.1, 0.15) is 76.0 Å². The van der Waals surface area contributed by atoms with Gasteiger partial charge in [-0.1, -0.05) is 51.4 Å².